The molecule has 0 aliphatic heterocycles. The van der Waals surface area contributed by atoms with E-state index in [9.17, 15) is 8.78 Å². The third-order valence-electron chi connectivity index (χ3n) is 3.75. The minimum absolute atomic E-state index is 0.0294. The van der Waals surface area contributed by atoms with Gasteiger partial charge in [0.05, 0.1) is 23.8 Å². The van der Waals surface area contributed by atoms with E-state index in [1.165, 1.54) is 24.4 Å². The minimum Gasteiger partial charge on any atom is -0.322 e. The largest absolute Gasteiger partial charge is 0.322 e. The summed E-state index contributed by atoms with van der Waals surface area (Å²) in [6.45, 7) is 7.05. The van der Waals surface area contributed by atoms with Crippen LogP contribution in [0.15, 0.2) is 30.6 Å². The Labute approximate surface area is 124 Å². The van der Waals surface area contributed by atoms with Crippen molar-refractivity contribution in [2.24, 2.45) is 0 Å². The number of hydrogen-bond donors (Lipinski definition) is 0. The summed E-state index contributed by atoms with van der Waals surface area (Å²) in [5.74, 6) is -0.474. The van der Waals surface area contributed by atoms with Gasteiger partial charge in [-0.15, -0.1) is 0 Å². The molecule has 1 saturated carbocycles. The second-order valence-electron chi connectivity index (χ2n) is 5.33. The van der Waals surface area contributed by atoms with E-state index in [0.29, 0.717) is 22.4 Å². The van der Waals surface area contributed by atoms with Crippen molar-refractivity contribution in [2.45, 2.75) is 18.9 Å². The summed E-state index contributed by atoms with van der Waals surface area (Å²) in [5.41, 5.74) is 1.69. The van der Waals surface area contributed by atoms with Gasteiger partial charge >= 0.3 is 0 Å². The number of hydrogen-bond acceptors (Lipinski definition) is 2. The number of imidazole rings is 1. The van der Waals surface area contributed by atoms with Gasteiger partial charge in [-0.05, 0) is 31.0 Å². The zero-order valence-electron chi connectivity index (χ0n) is 11.4. The number of rotatable bonds is 2. The van der Waals surface area contributed by atoms with Crippen LogP contribution in [-0.4, -0.2) is 14.5 Å². The van der Waals surface area contributed by atoms with Gasteiger partial charge in [0.2, 0.25) is 5.69 Å². The fourth-order valence-corrected chi connectivity index (χ4v) is 2.63. The van der Waals surface area contributed by atoms with Crippen molar-refractivity contribution in [1.82, 2.24) is 14.5 Å². The van der Waals surface area contributed by atoms with Gasteiger partial charge in [-0.3, -0.25) is 4.98 Å². The molecular weight excluding hydrogens is 286 g/mol. The van der Waals surface area contributed by atoms with Gasteiger partial charge in [0, 0.05) is 17.8 Å². The lowest BCUT2D eigenvalue weighted by Crippen LogP contribution is -1.98. The first-order chi connectivity index (χ1) is 10.7. The molecule has 0 saturated heterocycles. The second-order valence-corrected chi connectivity index (χ2v) is 5.33. The summed E-state index contributed by atoms with van der Waals surface area (Å²) >= 11 is 0. The van der Waals surface area contributed by atoms with Crippen molar-refractivity contribution in [3.05, 3.63) is 53.6 Å². The Morgan fingerprint density at radius 1 is 1.18 bits per heavy atom. The number of fused-ring (bicyclic) bond motifs is 1. The lowest BCUT2D eigenvalue weighted by molar-refractivity contribution is 0.621. The number of pyridine rings is 1. The summed E-state index contributed by atoms with van der Waals surface area (Å²) in [5, 5.41) is 0. The summed E-state index contributed by atoms with van der Waals surface area (Å²) in [7, 11) is 0. The van der Waals surface area contributed by atoms with Crippen LogP contribution in [0.2, 0.25) is 0 Å². The summed E-state index contributed by atoms with van der Waals surface area (Å²) in [6, 6.07) is 4.39. The predicted molar refractivity (Wildman–Crippen MR) is 77.4 cm³/mol. The molecule has 108 valence electrons. The maximum Gasteiger partial charge on any atom is 0.224 e. The third-order valence-corrected chi connectivity index (χ3v) is 3.75. The number of benzene rings is 1. The van der Waals surface area contributed by atoms with Crippen molar-refractivity contribution in [3.8, 4) is 11.4 Å². The predicted octanol–water partition coefficient (Wildman–Crippen LogP) is 4.26. The Balaban J connectivity index is 2.03. The van der Waals surface area contributed by atoms with Crippen LogP contribution in [0.5, 0.6) is 0 Å². The molecule has 0 amide bonds. The second kappa shape index (κ2) is 4.60. The van der Waals surface area contributed by atoms with Gasteiger partial charge in [0.15, 0.2) is 0 Å². The molecule has 1 aliphatic rings. The van der Waals surface area contributed by atoms with E-state index in [4.69, 9.17) is 6.57 Å². The standard InChI is InChI=1S/C16H10F2N4/c1-19-13-6-15-14(5-12(13)18)21-16(22(15)11-2-3-11)9-4-10(17)8-20-7-9/h4-8,11H,2-3H2. The first-order valence-electron chi connectivity index (χ1n) is 6.87. The highest BCUT2D eigenvalue weighted by Crippen LogP contribution is 2.42. The molecule has 1 fully saturated rings. The third kappa shape index (κ3) is 1.94. The maximum atomic E-state index is 13.8. The van der Waals surface area contributed by atoms with E-state index in [1.807, 2.05) is 4.57 Å². The van der Waals surface area contributed by atoms with Crippen LogP contribution in [0, 0.1) is 18.2 Å². The Bertz CT molecular complexity index is 935. The van der Waals surface area contributed by atoms with E-state index >= 15 is 0 Å². The van der Waals surface area contributed by atoms with Crippen molar-refractivity contribution < 1.29 is 8.78 Å². The molecule has 0 radical (unpaired) electrons. The lowest BCUT2D eigenvalue weighted by atomic mass is 10.2. The van der Waals surface area contributed by atoms with E-state index in [1.54, 1.807) is 0 Å². The Morgan fingerprint density at radius 2 is 2.00 bits per heavy atom. The number of halogens is 2. The molecule has 2 aromatic heterocycles. The molecule has 0 unspecified atom stereocenters. The first-order valence-corrected chi connectivity index (χ1v) is 6.87. The average Bonchev–Trinajstić information content (AvgIpc) is 3.27. The van der Waals surface area contributed by atoms with Crippen LogP contribution in [0.3, 0.4) is 0 Å². The van der Waals surface area contributed by atoms with Gasteiger partial charge in [0.25, 0.3) is 0 Å². The van der Waals surface area contributed by atoms with Crippen molar-refractivity contribution >= 4 is 16.7 Å². The number of aromatic nitrogens is 3. The molecule has 6 heteroatoms. The highest BCUT2D eigenvalue weighted by molar-refractivity contribution is 5.84. The van der Waals surface area contributed by atoms with Crippen LogP contribution in [0.4, 0.5) is 14.5 Å². The fourth-order valence-electron chi connectivity index (χ4n) is 2.63. The SMILES string of the molecule is [C-]#[N+]c1cc2c(cc1F)nc(-c1cncc(F)c1)n2C1CC1. The van der Waals surface area contributed by atoms with E-state index in [-0.39, 0.29) is 11.7 Å². The summed E-state index contributed by atoms with van der Waals surface area (Å²) in [4.78, 5) is 11.5. The van der Waals surface area contributed by atoms with Gasteiger partial charge < -0.3 is 4.57 Å². The van der Waals surface area contributed by atoms with Crippen LogP contribution < -0.4 is 0 Å². The average molecular weight is 296 g/mol. The Kier molecular flexibility index (Phi) is 2.70. The lowest BCUT2D eigenvalue weighted by Gasteiger charge is -2.07. The molecule has 22 heavy (non-hydrogen) atoms. The van der Waals surface area contributed by atoms with Gasteiger partial charge in [-0.1, -0.05) is 0 Å². The zero-order chi connectivity index (χ0) is 15.3. The van der Waals surface area contributed by atoms with Crippen LogP contribution in [0.25, 0.3) is 27.3 Å². The maximum absolute atomic E-state index is 13.8. The molecule has 0 atom stereocenters. The van der Waals surface area contributed by atoms with Crippen LogP contribution in [-0.2, 0) is 0 Å². The fraction of sp³-hybridized carbons (Fsp3) is 0.188. The van der Waals surface area contributed by atoms with Crippen LogP contribution >= 0.6 is 0 Å². The van der Waals surface area contributed by atoms with Gasteiger partial charge in [-0.25, -0.2) is 18.6 Å². The van der Waals surface area contributed by atoms with Gasteiger partial charge in [-0.2, -0.15) is 0 Å². The monoisotopic (exact) mass is 296 g/mol. The molecule has 1 aliphatic carbocycles. The molecule has 0 bridgehead atoms. The van der Waals surface area contributed by atoms with Crippen molar-refractivity contribution in [1.29, 1.82) is 0 Å². The molecule has 4 nitrogen and oxygen atoms in total. The highest BCUT2D eigenvalue weighted by atomic mass is 19.1. The van der Waals surface area contributed by atoms with Gasteiger partial charge in [0.1, 0.15) is 17.5 Å². The molecule has 2 heterocycles. The molecule has 3 aromatic rings. The Hall–Kier alpha value is -2.81. The van der Waals surface area contributed by atoms with Crippen molar-refractivity contribution in [2.75, 3.05) is 0 Å². The Morgan fingerprint density at radius 3 is 2.68 bits per heavy atom. The number of nitrogens with zero attached hydrogens (tertiary/aromatic N) is 4. The molecule has 0 N–H and O–H groups in total. The van der Waals surface area contributed by atoms with Crippen molar-refractivity contribution in [3.63, 3.8) is 0 Å². The summed E-state index contributed by atoms with van der Waals surface area (Å²) < 4.78 is 29.2. The van der Waals surface area contributed by atoms with E-state index in [0.717, 1.165) is 19.0 Å². The minimum atomic E-state index is -0.591. The van der Waals surface area contributed by atoms with E-state index in [2.05, 4.69) is 14.8 Å². The smallest absolute Gasteiger partial charge is 0.224 e. The normalized spacial score (nSPS) is 14.2. The van der Waals surface area contributed by atoms with E-state index < -0.39 is 11.6 Å². The molecule has 4 rings (SSSR count). The van der Waals surface area contributed by atoms with Crippen LogP contribution in [0.1, 0.15) is 18.9 Å². The zero-order valence-corrected chi connectivity index (χ0v) is 11.4. The highest BCUT2D eigenvalue weighted by Gasteiger charge is 2.29. The molecule has 1 aromatic carbocycles. The topological polar surface area (TPSA) is 35.1 Å². The molecular formula is C16H10F2N4. The summed E-state index contributed by atoms with van der Waals surface area (Å²) in [6.07, 6.45) is 4.65. The first kappa shape index (κ1) is 12.9. The quantitative estimate of drug-likeness (QED) is 0.662. The molecule has 0 spiro atoms.